The fraction of sp³-hybridized carbons (Fsp3) is 0.379. The lowest BCUT2D eigenvalue weighted by atomic mass is 9.80. The molecule has 0 bridgehead atoms. The number of pyridine rings is 1. The maximum atomic E-state index is 14.4. The Labute approximate surface area is 238 Å². The van der Waals surface area contributed by atoms with Gasteiger partial charge in [0.15, 0.2) is 11.5 Å². The maximum Gasteiger partial charge on any atom is 0.436 e. The zero-order valence-electron chi connectivity index (χ0n) is 22.5. The lowest BCUT2D eigenvalue weighted by Gasteiger charge is -2.38. The summed E-state index contributed by atoms with van der Waals surface area (Å²) in [6.45, 7) is 3.95. The Morgan fingerprint density at radius 1 is 1.14 bits per heavy atom. The molecular weight excluding hydrogens is 556 g/mol. The number of amides is 2. The summed E-state index contributed by atoms with van der Waals surface area (Å²) in [6.07, 6.45) is 0.0220. The van der Waals surface area contributed by atoms with E-state index < -0.39 is 41.0 Å². The van der Waals surface area contributed by atoms with Gasteiger partial charge in [0.1, 0.15) is 17.3 Å². The Kier molecular flexibility index (Phi) is 6.70. The van der Waals surface area contributed by atoms with Crippen LogP contribution < -0.4 is 5.73 Å². The number of benzene rings is 1. The predicted molar refractivity (Wildman–Crippen MR) is 143 cm³/mol. The van der Waals surface area contributed by atoms with E-state index in [4.69, 9.17) is 10.8 Å². The van der Waals surface area contributed by atoms with Gasteiger partial charge in [-0.25, -0.2) is 14.1 Å². The van der Waals surface area contributed by atoms with Crippen LogP contribution in [0.5, 0.6) is 5.75 Å². The smallest absolute Gasteiger partial charge is 0.436 e. The van der Waals surface area contributed by atoms with E-state index in [9.17, 15) is 32.3 Å². The average molecular weight is 585 g/mol. The van der Waals surface area contributed by atoms with E-state index in [1.165, 1.54) is 9.80 Å². The molecule has 13 heteroatoms. The van der Waals surface area contributed by atoms with Crippen LogP contribution in [-0.2, 0) is 23.8 Å². The van der Waals surface area contributed by atoms with E-state index in [2.05, 4.69) is 11.6 Å². The molecule has 1 unspecified atom stereocenters. The number of rotatable bonds is 4. The van der Waals surface area contributed by atoms with Gasteiger partial charge < -0.3 is 20.6 Å². The Morgan fingerprint density at radius 3 is 2.55 bits per heavy atom. The summed E-state index contributed by atoms with van der Waals surface area (Å²) in [6, 6.07) is 5.25. The molecule has 6 rings (SSSR count). The van der Waals surface area contributed by atoms with Crippen LogP contribution in [-0.4, -0.2) is 61.1 Å². The number of nitrogen functional groups attached to an aromatic ring is 1. The third-order valence-corrected chi connectivity index (χ3v) is 8.46. The molecule has 1 fully saturated rings. The van der Waals surface area contributed by atoms with Gasteiger partial charge in [0.25, 0.3) is 5.91 Å². The molecule has 1 saturated carbocycles. The summed E-state index contributed by atoms with van der Waals surface area (Å²) in [7, 11) is 0. The van der Waals surface area contributed by atoms with Crippen LogP contribution in [0.4, 0.5) is 23.4 Å². The Morgan fingerprint density at radius 2 is 1.90 bits per heavy atom. The number of nitrogens with zero attached hydrogens (tertiary/aromatic N) is 5. The molecule has 1 aromatic carbocycles. The number of aromatic hydroxyl groups is 1. The van der Waals surface area contributed by atoms with Crippen LogP contribution in [0, 0.1) is 5.82 Å². The standard InChI is InChI=1S/C29H28F4N6O3/c1-2-24(41)37-10-8-19-25-21(39(36-19)20-7-6-16(12-23(20)40)15-4-3-5-15)9-11-38(22(25)14-37)28(42)17-13-18(30)26(29(31,32)33)35-27(17)34/h2,6-7,12-13,15,22,40H,1,3-5,8-11,14H2,(H2,34,35). The van der Waals surface area contributed by atoms with Gasteiger partial charge in [0, 0.05) is 38.0 Å². The van der Waals surface area contributed by atoms with Crippen molar-refractivity contribution in [3.8, 4) is 11.4 Å². The van der Waals surface area contributed by atoms with Crippen molar-refractivity contribution in [1.82, 2.24) is 24.6 Å². The lowest BCUT2D eigenvalue weighted by Crippen LogP contribution is -2.46. The molecular formula is C29H28F4N6O3. The highest BCUT2D eigenvalue weighted by Crippen LogP contribution is 2.42. The van der Waals surface area contributed by atoms with E-state index in [-0.39, 0.29) is 37.7 Å². The largest absolute Gasteiger partial charge is 0.506 e. The van der Waals surface area contributed by atoms with Gasteiger partial charge in [-0.3, -0.25) is 9.59 Å². The molecule has 1 aliphatic carbocycles. The van der Waals surface area contributed by atoms with E-state index in [1.807, 2.05) is 12.1 Å². The number of phenolic OH excluding ortho intramolecular Hbond substituents is 1. The van der Waals surface area contributed by atoms with Crippen molar-refractivity contribution in [2.24, 2.45) is 0 Å². The summed E-state index contributed by atoms with van der Waals surface area (Å²) in [4.78, 5) is 32.4. The minimum Gasteiger partial charge on any atom is -0.506 e. The van der Waals surface area contributed by atoms with Crippen molar-refractivity contribution in [2.75, 3.05) is 25.4 Å². The van der Waals surface area contributed by atoms with E-state index in [0.717, 1.165) is 36.6 Å². The van der Waals surface area contributed by atoms with Crippen molar-refractivity contribution in [3.05, 3.63) is 76.5 Å². The number of hydrogen-bond acceptors (Lipinski definition) is 6. The molecule has 3 aliphatic rings. The molecule has 2 aromatic heterocycles. The second-order valence-electron chi connectivity index (χ2n) is 10.8. The van der Waals surface area contributed by atoms with Crippen molar-refractivity contribution < 1.29 is 32.3 Å². The van der Waals surface area contributed by atoms with Crippen molar-refractivity contribution in [3.63, 3.8) is 0 Å². The Bertz CT molecular complexity index is 1610. The maximum absolute atomic E-state index is 14.4. The highest BCUT2D eigenvalue weighted by atomic mass is 19.4. The monoisotopic (exact) mass is 584 g/mol. The molecule has 0 radical (unpaired) electrons. The van der Waals surface area contributed by atoms with Gasteiger partial charge in [-0.1, -0.05) is 19.1 Å². The number of hydrogen-bond donors (Lipinski definition) is 2. The second-order valence-corrected chi connectivity index (χ2v) is 10.8. The molecule has 0 spiro atoms. The first-order chi connectivity index (χ1) is 20.0. The van der Waals surface area contributed by atoms with Crippen molar-refractivity contribution in [2.45, 2.75) is 50.2 Å². The number of phenols is 1. The highest BCUT2D eigenvalue weighted by molar-refractivity contribution is 5.99. The summed E-state index contributed by atoms with van der Waals surface area (Å²) in [5.41, 5.74) is 7.01. The van der Waals surface area contributed by atoms with Gasteiger partial charge in [-0.05, 0) is 48.6 Å². The first-order valence-electron chi connectivity index (χ1n) is 13.7. The molecule has 9 nitrogen and oxygen atoms in total. The molecule has 3 N–H and O–H groups in total. The number of nitrogens with two attached hydrogens (primary N) is 1. The van der Waals surface area contributed by atoms with Crippen molar-refractivity contribution in [1.29, 1.82) is 0 Å². The third kappa shape index (κ3) is 4.56. The third-order valence-electron chi connectivity index (χ3n) is 8.46. The Hall–Kier alpha value is -4.42. The van der Waals surface area contributed by atoms with Crippen LogP contribution in [0.3, 0.4) is 0 Å². The predicted octanol–water partition coefficient (Wildman–Crippen LogP) is 4.29. The van der Waals surface area contributed by atoms with Gasteiger partial charge >= 0.3 is 6.18 Å². The van der Waals surface area contributed by atoms with Gasteiger partial charge in [0.05, 0.1) is 23.0 Å². The number of anilines is 1. The van der Waals surface area contributed by atoms with Crippen LogP contribution in [0.15, 0.2) is 36.9 Å². The summed E-state index contributed by atoms with van der Waals surface area (Å²) in [5.74, 6) is -3.14. The highest BCUT2D eigenvalue weighted by Gasteiger charge is 2.42. The quantitative estimate of drug-likeness (QED) is 0.349. The topological polar surface area (TPSA) is 118 Å². The summed E-state index contributed by atoms with van der Waals surface area (Å²) in [5, 5.41) is 15.8. The van der Waals surface area contributed by atoms with Gasteiger partial charge in [-0.2, -0.15) is 18.3 Å². The van der Waals surface area contributed by atoms with Gasteiger partial charge in [0.2, 0.25) is 5.91 Å². The zero-order valence-corrected chi connectivity index (χ0v) is 22.5. The van der Waals surface area contributed by atoms with E-state index in [1.54, 1.807) is 10.7 Å². The fourth-order valence-corrected chi connectivity index (χ4v) is 6.11. The van der Waals surface area contributed by atoms with Crippen LogP contribution in [0.1, 0.15) is 69.8 Å². The summed E-state index contributed by atoms with van der Waals surface area (Å²) >= 11 is 0. The number of carbonyl (C=O) groups excluding carboxylic acids is 2. The molecule has 4 heterocycles. The minimum absolute atomic E-state index is 0.0470. The van der Waals surface area contributed by atoms with Crippen LogP contribution in [0.2, 0.25) is 0 Å². The number of aromatic nitrogens is 3. The first-order valence-corrected chi connectivity index (χ1v) is 13.7. The minimum atomic E-state index is -5.09. The lowest BCUT2D eigenvalue weighted by molar-refractivity contribution is -0.143. The number of carbonyl (C=O) groups is 2. The Balaban J connectivity index is 1.41. The van der Waals surface area contributed by atoms with Gasteiger partial charge in [-0.15, -0.1) is 0 Å². The summed E-state index contributed by atoms with van der Waals surface area (Å²) < 4.78 is 55.6. The van der Waals surface area contributed by atoms with E-state index >= 15 is 0 Å². The fourth-order valence-electron chi connectivity index (χ4n) is 6.11. The zero-order chi connectivity index (χ0) is 29.9. The van der Waals surface area contributed by atoms with Crippen molar-refractivity contribution >= 4 is 17.6 Å². The number of halogens is 4. The normalized spacial score (nSPS) is 18.7. The molecule has 0 saturated heterocycles. The first kappa shape index (κ1) is 27.7. The van der Waals surface area contributed by atoms with Crippen LogP contribution >= 0.6 is 0 Å². The number of alkyl halides is 3. The SMILES string of the molecule is C=CC(=O)N1CCc2nn(-c3ccc(C4CCC4)cc3O)c3c2C(C1)N(C(=O)c1cc(F)c(C(F)(F)F)nc1N)CC3. The molecule has 42 heavy (non-hydrogen) atoms. The van der Waals surface area contributed by atoms with E-state index in [0.29, 0.717) is 35.3 Å². The molecule has 1 atom stereocenters. The molecule has 2 aliphatic heterocycles. The molecule has 220 valence electrons. The van der Waals surface area contributed by atoms with Crippen LogP contribution in [0.25, 0.3) is 5.69 Å². The molecule has 3 aromatic rings. The molecule has 2 amide bonds. The second kappa shape index (κ2) is 10.1. The average Bonchev–Trinajstić information content (AvgIpc) is 3.16.